The second-order valence-electron chi connectivity index (χ2n) is 12.0. The molecule has 2 aromatic heterocycles. The molecule has 9 heteroatoms. The molecule has 2 saturated heterocycles. The Balaban J connectivity index is 1.25. The second-order valence-corrected chi connectivity index (χ2v) is 12.0. The highest BCUT2D eigenvalue weighted by molar-refractivity contribution is 5.98. The number of cyclic esters (lactones) is 1. The highest BCUT2D eigenvalue weighted by atomic mass is 16.5. The molecule has 4 heterocycles. The van der Waals surface area contributed by atoms with E-state index in [9.17, 15) is 19.2 Å². The lowest BCUT2D eigenvalue weighted by molar-refractivity contribution is -0.135. The summed E-state index contributed by atoms with van der Waals surface area (Å²) in [5.41, 5.74) is 3.26. The van der Waals surface area contributed by atoms with E-state index in [1.165, 1.54) is 4.57 Å². The molecule has 5 aromatic rings. The van der Waals surface area contributed by atoms with Crippen molar-refractivity contribution in [1.29, 1.82) is 0 Å². The van der Waals surface area contributed by atoms with Crippen LogP contribution in [0.15, 0.2) is 108 Å². The Kier molecular flexibility index (Phi) is 7.97. The average molecular weight is 615 g/mol. The van der Waals surface area contributed by atoms with Crippen LogP contribution in [0.3, 0.4) is 0 Å². The number of nitrogens with zero attached hydrogens (tertiary/aromatic N) is 1. The van der Waals surface area contributed by atoms with Gasteiger partial charge in [0, 0.05) is 59.8 Å². The number of carbonyl (C=O) groups excluding carboxylic acids is 3. The van der Waals surface area contributed by atoms with Gasteiger partial charge in [-0.1, -0.05) is 78.9 Å². The molecule has 0 radical (unpaired) electrons. The molecule has 3 aromatic carbocycles. The van der Waals surface area contributed by atoms with Crippen LogP contribution in [0.4, 0.5) is 0 Å². The average Bonchev–Trinajstić information content (AvgIpc) is 3.81. The zero-order valence-corrected chi connectivity index (χ0v) is 25.2. The van der Waals surface area contributed by atoms with Gasteiger partial charge >= 0.3 is 5.97 Å². The van der Waals surface area contributed by atoms with E-state index in [2.05, 4.69) is 33.8 Å². The van der Waals surface area contributed by atoms with Crippen molar-refractivity contribution in [2.45, 2.75) is 37.8 Å². The zero-order valence-electron chi connectivity index (χ0n) is 25.2. The lowest BCUT2D eigenvalue weighted by Gasteiger charge is -2.24. The predicted octanol–water partition coefficient (Wildman–Crippen LogP) is 4.82. The second kappa shape index (κ2) is 12.5. The van der Waals surface area contributed by atoms with Crippen molar-refractivity contribution in [2.24, 2.45) is 5.92 Å². The van der Waals surface area contributed by atoms with E-state index in [0.717, 1.165) is 33.0 Å². The third kappa shape index (κ3) is 5.83. The number of benzene rings is 3. The number of nitrogens with one attached hydrogen (secondary N) is 3. The van der Waals surface area contributed by atoms with Gasteiger partial charge in [-0.25, -0.2) is 4.79 Å². The number of carbonyl (C=O) groups is 3. The van der Waals surface area contributed by atoms with Crippen LogP contribution in [-0.4, -0.2) is 46.5 Å². The quantitative estimate of drug-likeness (QED) is 0.162. The number of amides is 2. The smallest absolute Gasteiger partial charge is 0.333 e. The highest BCUT2D eigenvalue weighted by Gasteiger charge is 2.31. The molecule has 0 bridgehead atoms. The lowest BCUT2D eigenvalue weighted by atomic mass is 9.95. The maximum absolute atomic E-state index is 14.2. The highest BCUT2D eigenvalue weighted by Crippen LogP contribution is 2.30. The van der Waals surface area contributed by atoms with Gasteiger partial charge in [0.1, 0.15) is 11.6 Å². The summed E-state index contributed by atoms with van der Waals surface area (Å²) in [4.78, 5) is 56.4. The van der Waals surface area contributed by atoms with E-state index in [0.29, 0.717) is 36.9 Å². The van der Waals surface area contributed by atoms with E-state index in [1.54, 1.807) is 12.3 Å². The first-order valence-electron chi connectivity index (χ1n) is 15.7. The molecule has 3 N–H and O–H groups in total. The van der Waals surface area contributed by atoms with Crippen molar-refractivity contribution in [3.8, 4) is 11.3 Å². The van der Waals surface area contributed by atoms with Gasteiger partial charge < -0.3 is 24.9 Å². The fourth-order valence-corrected chi connectivity index (χ4v) is 6.61. The van der Waals surface area contributed by atoms with Gasteiger partial charge in [-0.05, 0) is 41.3 Å². The van der Waals surface area contributed by atoms with Gasteiger partial charge in [-0.15, -0.1) is 0 Å². The van der Waals surface area contributed by atoms with Crippen LogP contribution in [0.5, 0.6) is 0 Å². The zero-order chi connectivity index (χ0) is 31.6. The first-order chi connectivity index (χ1) is 22.4. The maximum atomic E-state index is 14.2. The summed E-state index contributed by atoms with van der Waals surface area (Å²) in [7, 11) is 0. The molecule has 2 fully saturated rings. The maximum Gasteiger partial charge on any atom is 0.333 e. The van der Waals surface area contributed by atoms with Crippen molar-refractivity contribution < 1.29 is 19.1 Å². The standard InChI is InChI=1S/C37H34N4O5/c42-34-26(13-16-38-34)20-28(21-27-15-18-46-37(27)45)39-35(43)32(19-23-7-2-1-3-8-23)41-17-14-25-22-31(40-33(25)36(41)44)30-12-6-10-24-9-4-5-11-29(24)30/h1-12,14,17,21-22,26,28,32,40H,13,15-16,18-20H2,(H,38,42)(H,39,43)/t26-,28-,32+/m0/s1. The molecular formula is C37H34N4O5. The number of hydrogen-bond acceptors (Lipinski definition) is 5. The van der Waals surface area contributed by atoms with Crippen LogP contribution in [0.25, 0.3) is 32.9 Å². The Bertz CT molecular complexity index is 2040. The van der Waals surface area contributed by atoms with Gasteiger partial charge in [0.25, 0.3) is 5.56 Å². The molecule has 0 saturated carbocycles. The molecule has 0 aliphatic carbocycles. The molecule has 3 atom stereocenters. The fourth-order valence-electron chi connectivity index (χ4n) is 6.61. The molecule has 7 rings (SSSR count). The molecule has 2 amide bonds. The fraction of sp³-hybridized carbons (Fsp3) is 0.243. The van der Waals surface area contributed by atoms with Crippen LogP contribution in [0.1, 0.15) is 30.9 Å². The van der Waals surface area contributed by atoms with Crippen molar-refractivity contribution in [3.05, 3.63) is 119 Å². The largest absolute Gasteiger partial charge is 0.462 e. The number of ether oxygens (including phenoxy) is 1. The molecular weight excluding hydrogens is 580 g/mol. The number of rotatable bonds is 9. The van der Waals surface area contributed by atoms with Gasteiger partial charge in [-0.2, -0.15) is 0 Å². The Morgan fingerprint density at radius 2 is 1.78 bits per heavy atom. The van der Waals surface area contributed by atoms with Crippen molar-refractivity contribution in [1.82, 2.24) is 20.2 Å². The minimum atomic E-state index is -0.891. The van der Waals surface area contributed by atoms with Gasteiger partial charge in [0.05, 0.1) is 6.61 Å². The minimum absolute atomic E-state index is 0.0668. The van der Waals surface area contributed by atoms with Crippen molar-refractivity contribution >= 4 is 39.5 Å². The summed E-state index contributed by atoms with van der Waals surface area (Å²) in [6.07, 6.45) is 5.08. The number of aromatic amines is 1. The summed E-state index contributed by atoms with van der Waals surface area (Å²) in [5, 5.41) is 8.85. The predicted molar refractivity (Wildman–Crippen MR) is 176 cm³/mol. The molecule has 0 unspecified atom stereocenters. The first kappa shape index (κ1) is 29.3. The summed E-state index contributed by atoms with van der Waals surface area (Å²) in [6, 6.07) is 26.1. The summed E-state index contributed by atoms with van der Waals surface area (Å²) >= 11 is 0. The van der Waals surface area contributed by atoms with Crippen LogP contribution in [0.2, 0.25) is 0 Å². The van der Waals surface area contributed by atoms with Crippen molar-refractivity contribution in [3.63, 3.8) is 0 Å². The van der Waals surface area contributed by atoms with Crippen LogP contribution >= 0.6 is 0 Å². The number of esters is 1. The third-order valence-corrected chi connectivity index (χ3v) is 9.00. The summed E-state index contributed by atoms with van der Waals surface area (Å²) in [5.74, 6) is -1.15. The summed E-state index contributed by atoms with van der Waals surface area (Å²) < 4.78 is 6.60. The normalized spacial score (nSPS) is 18.5. The number of aromatic nitrogens is 2. The van der Waals surface area contributed by atoms with E-state index >= 15 is 0 Å². The van der Waals surface area contributed by atoms with Crippen LogP contribution in [0, 0.1) is 5.92 Å². The first-order valence-corrected chi connectivity index (χ1v) is 15.7. The Morgan fingerprint density at radius 1 is 0.978 bits per heavy atom. The van der Waals surface area contributed by atoms with E-state index in [1.807, 2.05) is 66.7 Å². The van der Waals surface area contributed by atoms with Gasteiger partial charge in [-0.3, -0.25) is 14.4 Å². The Morgan fingerprint density at radius 3 is 2.57 bits per heavy atom. The number of hydrogen-bond donors (Lipinski definition) is 3. The monoisotopic (exact) mass is 614 g/mol. The van der Waals surface area contributed by atoms with Crippen LogP contribution < -0.4 is 16.2 Å². The molecule has 0 spiro atoms. The number of fused-ring (bicyclic) bond motifs is 2. The summed E-state index contributed by atoms with van der Waals surface area (Å²) in [6.45, 7) is 0.865. The SMILES string of the molecule is O=C1OCCC1=C[C@H](C[C@@H]1CCNC1=O)NC(=O)[C@@H](Cc1ccccc1)n1ccc2cc(-c3cccc4ccccc34)[nH]c2c1=O. The number of H-pyrrole nitrogens is 1. The van der Waals surface area contributed by atoms with E-state index in [-0.39, 0.29) is 36.3 Å². The van der Waals surface area contributed by atoms with E-state index in [4.69, 9.17) is 4.74 Å². The Labute approximate surface area is 265 Å². The minimum Gasteiger partial charge on any atom is -0.462 e. The number of pyridine rings is 1. The molecule has 46 heavy (non-hydrogen) atoms. The third-order valence-electron chi connectivity index (χ3n) is 9.00. The topological polar surface area (TPSA) is 122 Å². The van der Waals surface area contributed by atoms with E-state index < -0.39 is 18.1 Å². The lowest BCUT2D eigenvalue weighted by Crippen LogP contribution is -2.43. The van der Waals surface area contributed by atoms with Gasteiger partial charge in [0.2, 0.25) is 11.8 Å². The van der Waals surface area contributed by atoms with Crippen molar-refractivity contribution in [2.75, 3.05) is 13.2 Å². The molecule has 2 aliphatic rings. The van der Waals surface area contributed by atoms with Crippen LogP contribution in [-0.2, 0) is 25.5 Å². The molecule has 9 nitrogen and oxygen atoms in total. The Hall–Kier alpha value is -5.44. The van der Waals surface area contributed by atoms with Gasteiger partial charge in [0.15, 0.2) is 0 Å². The molecule has 232 valence electrons. The molecule has 2 aliphatic heterocycles.